The number of halogens is 3. The van der Waals surface area contributed by atoms with Gasteiger partial charge in [0.05, 0.1) is 23.7 Å². The topological polar surface area (TPSA) is 36.4 Å². The molecule has 0 unspecified atom stereocenters. The fraction of sp³-hybridized carbons (Fsp3) is 0.444. The van der Waals surface area contributed by atoms with Gasteiger partial charge in [0.2, 0.25) is 5.91 Å². The highest BCUT2D eigenvalue weighted by molar-refractivity contribution is 6.03. The van der Waals surface area contributed by atoms with Crippen LogP contribution in [0.15, 0.2) is 36.5 Å². The van der Waals surface area contributed by atoms with Crippen LogP contribution < -0.4 is 4.90 Å². The molecular weight excluding hydrogens is 331 g/mol. The lowest BCUT2D eigenvalue weighted by Gasteiger charge is -2.34. The fourth-order valence-electron chi connectivity index (χ4n) is 3.43. The molecule has 3 rings (SSSR count). The summed E-state index contributed by atoms with van der Waals surface area (Å²) >= 11 is 0. The fourth-order valence-corrected chi connectivity index (χ4v) is 3.43. The Hall–Kier alpha value is -2.15. The number of hydrogen-bond acceptors (Lipinski definition) is 3. The zero-order chi connectivity index (χ0) is 18.0. The Morgan fingerprint density at radius 2 is 2.12 bits per heavy atom. The zero-order valence-corrected chi connectivity index (χ0v) is 14.0. The zero-order valence-electron chi connectivity index (χ0n) is 14.0. The minimum absolute atomic E-state index is 0.145. The Morgan fingerprint density at radius 3 is 2.88 bits per heavy atom. The quantitative estimate of drug-likeness (QED) is 0.850. The monoisotopic (exact) mass is 351 g/mol. The summed E-state index contributed by atoms with van der Waals surface area (Å²) in [4.78, 5) is 20.0. The van der Waals surface area contributed by atoms with Gasteiger partial charge < -0.3 is 4.90 Å². The lowest BCUT2D eigenvalue weighted by atomic mass is 9.96. The van der Waals surface area contributed by atoms with Crippen LogP contribution in [0.2, 0.25) is 0 Å². The van der Waals surface area contributed by atoms with E-state index in [1.165, 1.54) is 4.90 Å². The maximum Gasteiger partial charge on any atom is 0.401 e. The molecule has 2 heterocycles. The number of pyridine rings is 1. The standard InChI is InChI=1S/C18H20F3N3O/c1-23(16-8-2-7-15-14(16)6-3-9-22-15)17(25)13-5-4-10-24(11-13)12-18(19,20)21/h2-3,6-9,13H,4-5,10-12H2,1H3/t13-/m0/s1. The molecule has 0 spiro atoms. The maximum absolute atomic E-state index is 12.9. The summed E-state index contributed by atoms with van der Waals surface area (Å²) in [6, 6.07) is 9.21. The third-order valence-corrected chi connectivity index (χ3v) is 4.57. The van der Waals surface area contributed by atoms with Crippen LogP contribution in [-0.2, 0) is 4.79 Å². The van der Waals surface area contributed by atoms with Crippen molar-refractivity contribution in [1.82, 2.24) is 9.88 Å². The molecule has 0 N–H and O–H groups in total. The van der Waals surface area contributed by atoms with Crippen molar-refractivity contribution in [3.63, 3.8) is 0 Å². The lowest BCUT2D eigenvalue weighted by molar-refractivity contribution is -0.151. The predicted molar refractivity (Wildman–Crippen MR) is 90.4 cm³/mol. The average Bonchev–Trinajstić information content (AvgIpc) is 2.59. The third kappa shape index (κ3) is 4.10. The summed E-state index contributed by atoms with van der Waals surface area (Å²) in [7, 11) is 1.67. The SMILES string of the molecule is CN(C(=O)[C@H]1CCCN(CC(F)(F)F)C1)c1cccc2ncccc12. The number of piperidine rings is 1. The number of amides is 1. The van der Waals surface area contributed by atoms with Gasteiger partial charge in [0.15, 0.2) is 0 Å². The predicted octanol–water partition coefficient (Wildman–Crippen LogP) is 3.47. The van der Waals surface area contributed by atoms with Gasteiger partial charge in [-0.05, 0) is 43.7 Å². The first kappa shape index (κ1) is 17.7. The summed E-state index contributed by atoms with van der Waals surface area (Å²) in [5.41, 5.74) is 1.51. The maximum atomic E-state index is 12.9. The minimum atomic E-state index is -4.24. The van der Waals surface area contributed by atoms with Crippen molar-refractivity contribution < 1.29 is 18.0 Å². The van der Waals surface area contributed by atoms with Crippen molar-refractivity contribution in [3.8, 4) is 0 Å². The van der Waals surface area contributed by atoms with Crippen molar-refractivity contribution in [1.29, 1.82) is 0 Å². The number of hydrogen-bond donors (Lipinski definition) is 0. The molecule has 0 radical (unpaired) electrons. The Kier molecular flexibility index (Phi) is 4.94. The van der Waals surface area contributed by atoms with Gasteiger partial charge >= 0.3 is 6.18 Å². The number of fused-ring (bicyclic) bond motifs is 1. The Balaban J connectivity index is 1.77. The summed E-state index contributed by atoms with van der Waals surface area (Å²) in [5, 5.41) is 0.851. The minimum Gasteiger partial charge on any atom is -0.315 e. The summed E-state index contributed by atoms with van der Waals surface area (Å²) in [6.45, 7) is -0.435. The van der Waals surface area contributed by atoms with E-state index in [0.717, 1.165) is 16.6 Å². The molecule has 0 aliphatic carbocycles. The van der Waals surface area contributed by atoms with E-state index in [0.29, 0.717) is 19.4 Å². The summed E-state index contributed by atoms with van der Waals surface area (Å²) < 4.78 is 37.9. The Bertz CT molecular complexity index is 757. The van der Waals surface area contributed by atoms with Gasteiger partial charge in [-0.1, -0.05) is 6.07 Å². The van der Waals surface area contributed by atoms with E-state index >= 15 is 0 Å². The second-order valence-corrected chi connectivity index (χ2v) is 6.43. The Morgan fingerprint density at radius 1 is 1.32 bits per heavy atom. The van der Waals surface area contributed by atoms with Crippen molar-refractivity contribution in [2.45, 2.75) is 19.0 Å². The van der Waals surface area contributed by atoms with E-state index < -0.39 is 18.6 Å². The summed E-state index contributed by atoms with van der Waals surface area (Å²) in [6.07, 6.45) is -1.35. The number of alkyl halides is 3. The molecule has 1 saturated heterocycles. The number of rotatable bonds is 3. The molecule has 1 aliphatic heterocycles. The first-order valence-electron chi connectivity index (χ1n) is 8.25. The molecule has 2 aromatic rings. The van der Waals surface area contributed by atoms with Gasteiger partial charge in [-0.2, -0.15) is 13.2 Å². The van der Waals surface area contributed by atoms with Crippen LogP contribution >= 0.6 is 0 Å². The van der Waals surface area contributed by atoms with Crippen molar-refractivity contribution >= 4 is 22.5 Å². The molecule has 1 fully saturated rings. The van der Waals surface area contributed by atoms with Gasteiger partial charge in [-0.3, -0.25) is 14.7 Å². The normalized spacial score (nSPS) is 19.1. The van der Waals surface area contributed by atoms with Gasteiger partial charge in [-0.15, -0.1) is 0 Å². The van der Waals surface area contributed by atoms with Crippen molar-refractivity contribution in [3.05, 3.63) is 36.5 Å². The van der Waals surface area contributed by atoms with E-state index in [1.54, 1.807) is 24.2 Å². The van der Waals surface area contributed by atoms with Crippen molar-refractivity contribution in [2.24, 2.45) is 5.92 Å². The van der Waals surface area contributed by atoms with E-state index in [9.17, 15) is 18.0 Å². The van der Waals surface area contributed by atoms with E-state index in [2.05, 4.69) is 4.98 Å². The number of carbonyl (C=O) groups is 1. The van der Waals surface area contributed by atoms with Crippen LogP contribution in [0.5, 0.6) is 0 Å². The molecule has 7 heteroatoms. The van der Waals surface area contributed by atoms with Gasteiger partial charge in [0.25, 0.3) is 0 Å². The molecule has 1 aliphatic rings. The number of nitrogens with zero attached hydrogens (tertiary/aromatic N) is 3. The molecular formula is C18H20F3N3O. The number of aromatic nitrogens is 1. The van der Waals surface area contributed by atoms with Gasteiger partial charge in [0, 0.05) is 25.2 Å². The highest BCUT2D eigenvalue weighted by Gasteiger charge is 2.35. The second kappa shape index (κ2) is 7.00. The van der Waals surface area contributed by atoms with Crippen molar-refractivity contribution in [2.75, 3.05) is 31.6 Å². The largest absolute Gasteiger partial charge is 0.401 e. The molecule has 0 saturated carbocycles. The third-order valence-electron chi connectivity index (χ3n) is 4.57. The summed E-state index contributed by atoms with van der Waals surface area (Å²) in [5.74, 6) is -0.573. The molecule has 1 atom stereocenters. The van der Waals surface area contributed by atoms with Crippen LogP contribution in [0, 0.1) is 5.92 Å². The highest BCUT2D eigenvalue weighted by atomic mass is 19.4. The molecule has 134 valence electrons. The van der Waals surface area contributed by atoms with Gasteiger partial charge in [-0.25, -0.2) is 0 Å². The smallest absolute Gasteiger partial charge is 0.315 e. The van der Waals surface area contributed by atoms with E-state index in [-0.39, 0.29) is 12.5 Å². The van der Waals surface area contributed by atoms with Crippen LogP contribution in [0.3, 0.4) is 0 Å². The highest BCUT2D eigenvalue weighted by Crippen LogP contribution is 2.28. The van der Waals surface area contributed by atoms with Crippen LogP contribution in [0.1, 0.15) is 12.8 Å². The molecule has 4 nitrogen and oxygen atoms in total. The number of carbonyl (C=O) groups excluding carboxylic acids is 1. The number of likely N-dealkylation sites (tertiary alicyclic amines) is 1. The van der Waals surface area contributed by atoms with E-state index in [4.69, 9.17) is 0 Å². The second-order valence-electron chi connectivity index (χ2n) is 6.43. The molecule has 1 aromatic carbocycles. The molecule has 0 bridgehead atoms. The van der Waals surface area contributed by atoms with E-state index in [1.807, 2.05) is 24.3 Å². The lowest BCUT2D eigenvalue weighted by Crippen LogP contribution is -2.46. The van der Waals surface area contributed by atoms with Crippen LogP contribution in [-0.4, -0.2) is 48.6 Å². The Labute approximate surface area is 144 Å². The molecule has 25 heavy (non-hydrogen) atoms. The molecule has 1 aromatic heterocycles. The molecule has 1 amide bonds. The first-order valence-corrected chi connectivity index (χ1v) is 8.25. The van der Waals surface area contributed by atoms with Crippen LogP contribution in [0.25, 0.3) is 10.9 Å². The van der Waals surface area contributed by atoms with Crippen LogP contribution in [0.4, 0.5) is 18.9 Å². The first-order chi connectivity index (χ1) is 11.8. The van der Waals surface area contributed by atoms with Gasteiger partial charge in [0.1, 0.15) is 0 Å². The average molecular weight is 351 g/mol. The number of anilines is 1. The number of benzene rings is 1.